The highest BCUT2D eigenvalue weighted by atomic mass is 79.9. The van der Waals surface area contributed by atoms with Crippen molar-refractivity contribution in [3.8, 4) is 5.75 Å². The van der Waals surface area contributed by atoms with Crippen molar-refractivity contribution in [3.63, 3.8) is 0 Å². The molecule has 0 aliphatic rings. The first-order chi connectivity index (χ1) is 10.1. The lowest BCUT2D eigenvalue weighted by molar-refractivity contribution is 0.279. The summed E-state index contributed by atoms with van der Waals surface area (Å²) < 4.78 is 8.42. The molecule has 1 aromatic carbocycles. The summed E-state index contributed by atoms with van der Waals surface area (Å²) in [4.78, 5) is 0. The Kier molecular flexibility index (Phi) is 5.42. The number of methoxy groups -OCH3 is 1. The number of halogens is 1. The summed E-state index contributed by atoms with van der Waals surface area (Å²) in [5.74, 6) is 0.847. The molecule has 0 aliphatic heterocycles. The molecule has 4 nitrogen and oxygen atoms in total. The zero-order valence-electron chi connectivity index (χ0n) is 12.7. The molecule has 0 saturated carbocycles. The van der Waals surface area contributed by atoms with Gasteiger partial charge in [0.15, 0.2) is 0 Å². The molecule has 2 rings (SSSR count). The van der Waals surface area contributed by atoms with Crippen molar-refractivity contribution in [2.45, 2.75) is 39.8 Å². The third-order valence-electron chi connectivity index (χ3n) is 3.64. The fourth-order valence-electron chi connectivity index (χ4n) is 2.61. The van der Waals surface area contributed by atoms with Gasteiger partial charge in [-0.15, -0.1) is 0 Å². The van der Waals surface area contributed by atoms with Gasteiger partial charge in [-0.1, -0.05) is 29.8 Å². The van der Waals surface area contributed by atoms with E-state index in [2.05, 4.69) is 34.9 Å². The second-order valence-corrected chi connectivity index (χ2v) is 5.77. The van der Waals surface area contributed by atoms with Crippen LogP contribution in [0.5, 0.6) is 5.75 Å². The Bertz CT molecular complexity index is 623. The Morgan fingerprint density at radius 3 is 2.62 bits per heavy atom. The Balaban J connectivity index is 2.44. The van der Waals surface area contributed by atoms with E-state index in [1.807, 2.05) is 22.9 Å². The van der Waals surface area contributed by atoms with Crippen LogP contribution in [0.1, 0.15) is 36.4 Å². The van der Waals surface area contributed by atoms with Crippen LogP contribution in [0.4, 0.5) is 0 Å². The maximum atomic E-state index is 9.60. The number of aliphatic hydroxyl groups excluding tert-OH is 1. The first-order valence-corrected chi connectivity index (χ1v) is 7.94. The molecule has 0 saturated heterocycles. The van der Waals surface area contributed by atoms with E-state index in [-0.39, 0.29) is 6.61 Å². The minimum absolute atomic E-state index is 0.0436. The molecule has 0 radical (unpaired) electrons. The summed E-state index contributed by atoms with van der Waals surface area (Å²) in [7, 11) is 1.67. The molecular formula is C16H21BrN2O2. The van der Waals surface area contributed by atoms with E-state index in [9.17, 15) is 5.11 Å². The van der Waals surface area contributed by atoms with Crippen LogP contribution < -0.4 is 4.74 Å². The molecule has 0 unspecified atom stereocenters. The van der Waals surface area contributed by atoms with Gasteiger partial charge in [-0.25, -0.2) is 0 Å². The molecule has 1 heterocycles. The van der Waals surface area contributed by atoms with Gasteiger partial charge in [-0.2, -0.15) is 5.10 Å². The maximum absolute atomic E-state index is 9.60. The van der Waals surface area contributed by atoms with Crippen molar-refractivity contribution >= 4 is 15.9 Å². The van der Waals surface area contributed by atoms with Gasteiger partial charge in [0.1, 0.15) is 5.75 Å². The van der Waals surface area contributed by atoms with Gasteiger partial charge in [0, 0.05) is 21.3 Å². The lowest BCUT2D eigenvalue weighted by Gasteiger charge is -2.11. The lowest BCUT2D eigenvalue weighted by atomic mass is 10.1. The summed E-state index contributed by atoms with van der Waals surface area (Å²) in [6, 6.07) is 5.95. The van der Waals surface area contributed by atoms with Crippen molar-refractivity contribution in [2.24, 2.45) is 0 Å². The van der Waals surface area contributed by atoms with E-state index < -0.39 is 0 Å². The predicted molar refractivity (Wildman–Crippen MR) is 86.7 cm³/mol. The predicted octanol–water partition coefficient (Wildman–Crippen LogP) is 3.32. The standard InChI is InChI=1S/C16H21BrN2O2/c1-4-14-13(10-20)15(5-2)19(18-14)9-11-8-12(17)6-7-16(11)21-3/h6-8,20H,4-5,9-10H2,1-3H3. The molecule has 0 spiro atoms. The Morgan fingerprint density at radius 1 is 1.29 bits per heavy atom. The van der Waals surface area contributed by atoms with E-state index in [0.717, 1.165) is 45.6 Å². The molecule has 0 fully saturated rings. The van der Waals surface area contributed by atoms with E-state index in [0.29, 0.717) is 6.54 Å². The SMILES string of the molecule is CCc1nn(Cc2cc(Br)ccc2OC)c(CC)c1CO. The molecule has 0 bridgehead atoms. The molecule has 0 aliphatic carbocycles. The topological polar surface area (TPSA) is 47.3 Å². The molecular weight excluding hydrogens is 332 g/mol. The van der Waals surface area contributed by atoms with Gasteiger partial charge in [-0.05, 0) is 31.0 Å². The monoisotopic (exact) mass is 352 g/mol. The number of rotatable bonds is 6. The van der Waals surface area contributed by atoms with Crippen molar-refractivity contribution in [2.75, 3.05) is 7.11 Å². The van der Waals surface area contributed by atoms with Crippen molar-refractivity contribution in [3.05, 3.63) is 45.2 Å². The van der Waals surface area contributed by atoms with Crippen LogP contribution in [0.15, 0.2) is 22.7 Å². The van der Waals surface area contributed by atoms with Crippen LogP contribution >= 0.6 is 15.9 Å². The van der Waals surface area contributed by atoms with Gasteiger partial charge in [0.2, 0.25) is 0 Å². The summed E-state index contributed by atoms with van der Waals surface area (Å²) >= 11 is 3.50. The van der Waals surface area contributed by atoms with Gasteiger partial charge >= 0.3 is 0 Å². The number of hydrogen-bond donors (Lipinski definition) is 1. The minimum Gasteiger partial charge on any atom is -0.496 e. The van der Waals surface area contributed by atoms with Crippen LogP contribution in [0.3, 0.4) is 0 Å². The van der Waals surface area contributed by atoms with Crippen LogP contribution in [0, 0.1) is 0 Å². The fraction of sp³-hybridized carbons (Fsp3) is 0.438. The second-order valence-electron chi connectivity index (χ2n) is 4.85. The molecule has 1 N–H and O–H groups in total. The zero-order valence-corrected chi connectivity index (χ0v) is 14.3. The maximum Gasteiger partial charge on any atom is 0.124 e. The van der Waals surface area contributed by atoms with Gasteiger partial charge in [0.25, 0.3) is 0 Å². The molecule has 5 heteroatoms. The normalized spacial score (nSPS) is 10.9. The van der Waals surface area contributed by atoms with Gasteiger partial charge in [-0.3, -0.25) is 4.68 Å². The Labute approximate surface area is 133 Å². The summed E-state index contributed by atoms with van der Waals surface area (Å²) in [6.45, 7) is 4.83. The molecule has 21 heavy (non-hydrogen) atoms. The third-order valence-corrected chi connectivity index (χ3v) is 4.13. The molecule has 0 atom stereocenters. The lowest BCUT2D eigenvalue weighted by Crippen LogP contribution is -2.08. The first-order valence-electron chi connectivity index (χ1n) is 7.15. The summed E-state index contributed by atoms with van der Waals surface area (Å²) in [5.41, 5.74) is 4.10. The molecule has 0 amide bonds. The van der Waals surface area contributed by atoms with Crippen LogP contribution in [-0.2, 0) is 26.0 Å². The van der Waals surface area contributed by atoms with Crippen LogP contribution in [0.25, 0.3) is 0 Å². The number of hydrogen-bond acceptors (Lipinski definition) is 3. The minimum atomic E-state index is 0.0436. The number of ether oxygens (including phenoxy) is 1. The highest BCUT2D eigenvalue weighted by Crippen LogP contribution is 2.25. The number of nitrogens with zero attached hydrogens (tertiary/aromatic N) is 2. The van der Waals surface area contributed by atoms with Crippen molar-refractivity contribution in [1.82, 2.24) is 9.78 Å². The number of aromatic nitrogens is 2. The van der Waals surface area contributed by atoms with Gasteiger partial charge in [0.05, 0.1) is 26.0 Å². The highest BCUT2D eigenvalue weighted by Gasteiger charge is 2.16. The van der Waals surface area contributed by atoms with Crippen molar-refractivity contribution in [1.29, 1.82) is 0 Å². The first kappa shape index (κ1) is 16.0. The average Bonchev–Trinajstić information content (AvgIpc) is 2.84. The largest absolute Gasteiger partial charge is 0.496 e. The van der Waals surface area contributed by atoms with Crippen LogP contribution in [-0.4, -0.2) is 22.0 Å². The van der Waals surface area contributed by atoms with Crippen molar-refractivity contribution < 1.29 is 9.84 Å². The number of aliphatic hydroxyl groups is 1. The third kappa shape index (κ3) is 3.30. The summed E-state index contributed by atoms with van der Waals surface area (Å²) in [6.07, 6.45) is 1.67. The molecule has 2 aromatic rings. The fourth-order valence-corrected chi connectivity index (χ4v) is 3.02. The molecule has 114 valence electrons. The van der Waals surface area contributed by atoms with Gasteiger partial charge < -0.3 is 9.84 Å². The highest BCUT2D eigenvalue weighted by molar-refractivity contribution is 9.10. The average molecular weight is 353 g/mol. The van der Waals surface area contributed by atoms with Crippen LogP contribution in [0.2, 0.25) is 0 Å². The quantitative estimate of drug-likeness (QED) is 0.867. The second kappa shape index (κ2) is 7.09. The Morgan fingerprint density at radius 2 is 2.05 bits per heavy atom. The van der Waals surface area contributed by atoms with E-state index in [1.54, 1.807) is 7.11 Å². The smallest absolute Gasteiger partial charge is 0.124 e. The Hall–Kier alpha value is -1.33. The molecule has 1 aromatic heterocycles. The number of aryl methyl sites for hydroxylation is 1. The summed E-state index contributed by atoms with van der Waals surface area (Å²) in [5, 5.41) is 14.3. The zero-order chi connectivity index (χ0) is 15.4. The van der Waals surface area contributed by atoms with E-state index in [4.69, 9.17) is 4.74 Å². The number of benzene rings is 1. The van der Waals surface area contributed by atoms with E-state index in [1.165, 1.54) is 0 Å². The van der Waals surface area contributed by atoms with E-state index >= 15 is 0 Å².